The van der Waals surface area contributed by atoms with Crippen LogP contribution < -0.4 is 21.3 Å². The van der Waals surface area contributed by atoms with Gasteiger partial charge in [0.05, 0.1) is 0 Å². The molecule has 40 heavy (non-hydrogen) atoms. The van der Waals surface area contributed by atoms with Gasteiger partial charge in [-0.2, -0.15) is 10.1 Å². The number of carbonyl (C=O) groups excluding carboxylic acids is 1. The molecule has 2 aliphatic heterocycles. The van der Waals surface area contributed by atoms with Crippen molar-refractivity contribution in [1.82, 2.24) is 35.0 Å². The van der Waals surface area contributed by atoms with Crippen LogP contribution in [0.3, 0.4) is 0 Å². The van der Waals surface area contributed by atoms with Gasteiger partial charge < -0.3 is 21.3 Å². The van der Waals surface area contributed by atoms with Crippen molar-refractivity contribution in [1.29, 1.82) is 0 Å². The van der Waals surface area contributed by atoms with E-state index in [1.165, 1.54) is 19.2 Å². The lowest BCUT2D eigenvalue weighted by molar-refractivity contribution is 0.102. The lowest BCUT2D eigenvalue weighted by atomic mass is 9.92. The number of H-pyrrole nitrogens is 1. The minimum atomic E-state index is -0.262. The number of anilines is 5. The number of hydrogen-bond donors (Lipinski definition) is 4. The molecular formula is C28H35N11O. The number of fused-ring (bicyclic) bond motifs is 2. The van der Waals surface area contributed by atoms with Gasteiger partial charge in [-0.25, -0.2) is 15.0 Å². The van der Waals surface area contributed by atoms with Crippen LogP contribution in [0.1, 0.15) is 55.2 Å². The van der Waals surface area contributed by atoms with Crippen molar-refractivity contribution in [3.05, 3.63) is 47.4 Å². The molecule has 1 amide bonds. The molecule has 12 nitrogen and oxygen atoms in total. The molecule has 2 aliphatic rings. The van der Waals surface area contributed by atoms with Gasteiger partial charge in [-0.1, -0.05) is 26.8 Å². The van der Waals surface area contributed by atoms with Crippen molar-refractivity contribution in [2.45, 2.75) is 52.0 Å². The molecule has 0 spiro atoms. The highest BCUT2D eigenvalue weighted by atomic mass is 16.1. The van der Waals surface area contributed by atoms with E-state index in [0.717, 1.165) is 43.1 Å². The number of aryl methyl sites for hydroxylation is 1. The number of benzene rings is 1. The van der Waals surface area contributed by atoms with Crippen molar-refractivity contribution >= 4 is 46.0 Å². The number of hydrogen-bond acceptors (Lipinski definition) is 10. The predicted octanol–water partition coefficient (Wildman–Crippen LogP) is 3.61. The van der Waals surface area contributed by atoms with E-state index in [1.54, 1.807) is 12.1 Å². The van der Waals surface area contributed by atoms with Crippen LogP contribution in [-0.4, -0.2) is 73.2 Å². The Balaban J connectivity index is 1.27. The second kappa shape index (κ2) is 10.0. The van der Waals surface area contributed by atoms with Crippen LogP contribution in [0.4, 0.5) is 29.1 Å². The summed E-state index contributed by atoms with van der Waals surface area (Å²) in [6, 6.07) is 7.85. The molecule has 1 aromatic carbocycles. The Bertz CT molecular complexity index is 1570. The highest BCUT2D eigenvalue weighted by molar-refractivity contribution is 6.04. The highest BCUT2D eigenvalue weighted by Crippen LogP contribution is 2.30. The molecule has 208 valence electrons. The number of piperazine rings is 1. The first-order valence-corrected chi connectivity index (χ1v) is 13.7. The largest absolute Gasteiger partial charge is 0.382 e. The maximum atomic E-state index is 13.1. The standard InChI is InChI=1S/C28H35N11O/c1-16-7-8-17(26(40)33-21-13-20(36-37-21)28(2,3)4)12-19(16)32-25-23-22(30-15-31-25)24(29)35-27(34-23)39-11-10-38-9-5-6-18(38)14-39/h7-8,12-13,15,18H,5-6,9-11,14H2,1-4H3,(H2,29,34,35)(H,30,31,32)(H2,33,36,37,40). The number of nitrogens with zero attached hydrogens (tertiary/aromatic N) is 7. The number of carbonyl (C=O) groups is 1. The smallest absolute Gasteiger partial charge is 0.256 e. The summed E-state index contributed by atoms with van der Waals surface area (Å²) < 4.78 is 0. The molecule has 1 unspecified atom stereocenters. The van der Waals surface area contributed by atoms with Gasteiger partial charge in [0.15, 0.2) is 17.5 Å². The quantitative estimate of drug-likeness (QED) is 0.295. The molecular weight excluding hydrogens is 506 g/mol. The normalized spacial score (nSPS) is 17.7. The fourth-order valence-electron chi connectivity index (χ4n) is 5.35. The third-order valence-corrected chi connectivity index (χ3v) is 7.75. The van der Waals surface area contributed by atoms with Gasteiger partial charge in [-0.15, -0.1) is 0 Å². The van der Waals surface area contributed by atoms with Crippen LogP contribution >= 0.6 is 0 Å². The Morgan fingerprint density at radius 2 is 1.95 bits per heavy atom. The third-order valence-electron chi connectivity index (χ3n) is 7.75. The van der Waals surface area contributed by atoms with Gasteiger partial charge >= 0.3 is 0 Å². The number of nitrogen functional groups attached to an aromatic ring is 1. The molecule has 0 saturated carbocycles. The lowest BCUT2D eigenvalue weighted by Gasteiger charge is -2.37. The number of nitrogens with two attached hydrogens (primary N) is 1. The summed E-state index contributed by atoms with van der Waals surface area (Å²) in [5.74, 6) is 1.63. The monoisotopic (exact) mass is 541 g/mol. The lowest BCUT2D eigenvalue weighted by Crippen LogP contribution is -2.50. The molecule has 0 radical (unpaired) electrons. The molecule has 0 bridgehead atoms. The first-order valence-electron chi connectivity index (χ1n) is 13.7. The summed E-state index contributed by atoms with van der Waals surface area (Å²) in [4.78, 5) is 36.1. The molecule has 6 rings (SSSR count). The molecule has 5 N–H and O–H groups in total. The summed E-state index contributed by atoms with van der Waals surface area (Å²) in [5, 5.41) is 13.5. The maximum Gasteiger partial charge on any atom is 0.256 e. The predicted molar refractivity (Wildman–Crippen MR) is 156 cm³/mol. The average molecular weight is 542 g/mol. The van der Waals surface area contributed by atoms with E-state index in [-0.39, 0.29) is 11.3 Å². The topological polar surface area (TPSA) is 154 Å². The van der Waals surface area contributed by atoms with Crippen LogP contribution in [-0.2, 0) is 5.41 Å². The van der Waals surface area contributed by atoms with E-state index in [1.807, 2.05) is 19.1 Å². The molecule has 0 aliphatic carbocycles. The molecule has 4 aromatic rings. The Morgan fingerprint density at radius 3 is 2.75 bits per heavy atom. The summed E-state index contributed by atoms with van der Waals surface area (Å²) in [7, 11) is 0. The molecule has 12 heteroatoms. The van der Waals surface area contributed by atoms with Crippen LogP contribution in [0.5, 0.6) is 0 Å². The first kappa shape index (κ1) is 25.9. The van der Waals surface area contributed by atoms with E-state index in [0.29, 0.717) is 46.0 Å². The van der Waals surface area contributed by atoms with Gasteiger partial charge in [0, 0.05) is 54.1 Å². The van der Waals surface area contributed by atoms with Gasteiger partial charge in [-0.05, 0) is 44.0 Å². The minimum Gasteiger partial charge on any atom is -0.382 e. The van der Waals surface area contributed by atoms with Gasteiger partial charge in [0.25, 0.3) is 5.91 Å². The van der Waals surface area contributed by atoms with Crippen molar-refractivity contribution in [3.8, 4) is 0 Å². The van der Waals surface area contributed by atoms with E-state index in [4.69, 9.17) is 10.7 Å². The second-order valence-corrected chi connectivity index (χ2v) is 11.6. The molecule has 3 aromatic heterocycles. The molecule has 5 heterocycles. The number of aromatic amines is 1. The summed E-state index contributed by atoms with van der Waals surface area (Å²) in [5.41, 5.74) is 10.4. The molecule has 2 fully saturated rings. The zero-order valence-corrected chi connectivity index (χ0v) is 23.3. The van der Waals surface area contributed by atoms with Crippen LogP contribution in [0.15, 0.2) is 30.6 Å². The van der Waals surface area contributed by atoms with E-state index in [9.17, 15) is 4.79 Å². The summed E-state index contributed by atoms with van der Waals surface area (Å²) in [6.07, 6.45) is 3.87. The first-order chi connectivity index (χ1) is 19.2. The summed E-state index contributed by atoms with van der Waals surface area (Å²) >= 11 is 0. The maximum absolute atomic E-state index is 13.1. The second-order valence-electron chi connectivity index (χ2n) is 11.6. The average Bonchev–Trinajstić information content (AvgIpc) is 3.59. The van der Waals surface area contributed by atoms with Gasteiger partial charge in [0.1, 0.15) is 17.4 Å². The number of nitrogens with one attached hydrogen (secondary N) is 3. The van der Waals surface area contributed by atoms with Gasteiger partial charge in [0.2, 0.25) is 5.95 Å². The van der Waals surface area contributed by atoms with E-state index >= 15 is 0 Å². The van der Waals surface area contributed by atoms with Crippen LogP contribution in [0.2, 0.25) is 0 Å². The summed E-state index contributed by atoms with van der Waals surface area (Å²) in [6.45, 7) is 12.1. The van der Waals surface area contributed by atoms with E-state index < -0.39 is 0 Å². The van der Waals surface area contributed by atoms with Crippen molar-refractivity contribution in [2.75, 3.05) is 47.4 Å². The zero-order valence-electron chi connectivity index (χ0n) is 23.3. The van der Waals surface area contributed by atoms with Crippen molar-refractivity contribution < 1.29 is 4.79 Å². The fourth-order valence-corrected chi connectivity index (χ4v) is 5.35. The SMILES string of the molecule is Cc1ccc(C(=O)Nc2cc(C(C)(C)C)[nH]n2)cc1Nc1ncnc2c(N)nc(N3CCN4CCCC4C3)nc12. The Kier molecular flexibility index (Phi) is 6.49. The van der Waals surface area contributed by atoms with Crippen molar-refractivity contribution in [3.63, 3.8) is 0 Å². The van der Waals surface area contributed by atoms with Crippen LogP contribution in [0, 0.1) is 6.92 Å². The van der Waals surface area contributed by atoms with Crippen LogP contribution in [0.25, 0.3) is 11.0 Å². The Labute approximate surface area is 232 Å². The third kappa shape index (κ3) is 5.02. The number of rotatable bonds is 5. The number of amides is 1. The highest BCUT2D eigenvalue weighted by Gasteiger charge is 2.32. The fraction of sp³-hybridized carbons (Fsp3) is 0.429. The van der Waals surface area contributed by atoms with Crippen molar-refractivity contribution in [2.24, 2.45) is 0 Å². The minimum absolute atomic E-state index is 0.102. The molecule has 1 atom stereocenters. The zero-order chi connectivity index (χ0) is 28.0. The number of aromatic nitrogens is 6. The Hall–Kier alpha value is -4.32. The van der Waals surface area contributed by atoms with E-state index in [2.05, 4.69) is 66.4 Å². The Morgan fingerprint density at radius 1 is 1.10 bits per heavy atom. The van der Waals surface area contributed by atoms with Gasteiger partial charge in [-0.3, -0.25) is 14.8 Å². The molecule has 2 saturated heterocycles.